The van der Waals surface area contributed by atoms with E-state index in [-0.39, 0.29) is 23.6 Å². The van der Waals surface area contributed by atoms with Crippen LogP contribution in [0.5, 0.6) is 5.75 Å². The number of likely N-dealkylation sites (tertiary alicyclic amines) is 1. The number of para-hydroxylation sites is 1. The Kier molecular flexibility index (Phi) is 7.54. The fourth-order valence-corrected chi connectivity index (χ4v) is 4.77. The first-order valence-corrected chi connectivity index (χ1v) is 13.2. The topological polar surface area (TPSA) is 79.0 Å². The van der Waals surface area contributed by atoms with Crippen molar-refractivity contribution in [2.75, 3.05) is 19.7 Å². The molecule has 3 fully saturated rings. The van der Waals surface area contributed by atoms with E-state index in [1.807, 2.05) is 64.4 Å². The molecule has 0 radical (unpaired) electrons. The maximum Gasteiger partial charge on any atom is 0.251 e. The number of carbonyl (C=O) groups is 3. The summed E-state index contributed by atoms with van der Waals surface area (Å²) in [5.41, 5.74) is 1.71. The molecule has 1 N–H and O–H groups in total. The van der Waals surface area contributed by atoms with Gasteiger partial charge in [-0.15, -0.1) is 0 Å². The molecule has 1 aliphatic heterocycles. The summed E-state index contributed by atoms with van der Waals surface area (Å²) in [7, 11) is 0. The molecule has 0 aromatic heterocycles. The molecule has 5 rings (SSSR count). The van der Waals surface area contributed by atoms with Crippen molar-refractivity contribution in [1.82, 2.24) is 15.1 Å². The molecule has 0 atom stereocenters. The number of ether oxygens (including phenoxy) is 1. The van der Waals surface area contributed by atoms with Crippen molar-refractivity contribution in [3.8, 4) is 5.75 Å². The van der Waals surface area contributed by atoms with Crippen LogP contribution >= 0.6 is 0 Å². The highest BCUT2D eigenvalue weighted by molar-refractivity contribution is 5.94. The monoisotopic (exact) mass is 489 g/mol. The van der Waals surface area contributed by atoms with Crippen LogP contribution in [0.2, 0.25) is 0 Å². The Labute approximate surface area is 212 Å². The molecule has 3 aliphatic rings. The second kappa shape index (κ2) is 11.1. The molecule has 1 saturated heterocycles. The molecule has 7 heteroatoms. The summed E-state index contributed by atoms with van der Waals surface area (Å²) in [5.74, 6) is 0.992. The van der Waals surface area contributed by atoms with E-state index in [1.165, 1.54) is 0 Å². The largest absolute Gasteiger partial charge is 0.493 e. The fourth-order valence-electron chi connectivity index (χ4n) is 4.77. The zero-order valence-electron chi connectivity index (χ0n) is 20.7. The van der Waals surface area contributed by atoms with Crippen LogP contribution in [0.15, 0.2) is 54.6 Å². The first-order valence-electron chi connectivity index (χ1n) is 13.2. The quantitative estimate of drug-likeness (QED) is 0.551. The molecule has 2 aromatic rings. The maximum atomic E-state index is 13.4. The number of nitrogens with zero attached hydrogens (tertiary/aromatic N) is 2. The number of hydrogen-bond donors (Lipinski definition) is 1. The summed E-state index contributed by atoms with van der Waals surface area (Å²) in [6, 6.07) is 17.8. The molecule has 7 nitrogen and oxygen atoms in total. The normalized spacial score (nSPS) is 17.9. The summed E-state index contributed by atoms with van der Waals surface area (Å²) in [4.78, 5) is 42.2. The molecule has 2 aliphatic carbocycles. The van der Waals surface area contributed by atoms with Gasteiger partial charge < -0.3 is 19.9 Å². The Bertz CT molecular complexity index is 1060. The molecule has 0 bridgehead atoms. The minimum Gasteiger partial charge on any atom is -0.493 e. The van der Waals surface area contributed by atoms with E-state index in [1.54, 1.807) is 0 Å². The minimum absolute atomic E-state index is 0.0212. The van der Waals surface area contributed by atoms with E-state index in [0.29, 0.717) is 63.2 Å². The van der Waals surface area contributed by atoms with Gasteiger partial charge in [0.25, 0.3) is 5.91 Å². The number of piperidine rings is 1. The number of benzene rings is 2. The van der Waals surface area contributed by atoms with E-state index in [9.17, 15) is 14.4 Å². The van der Waals surface area contributed by atoms with Crippen LogP contribution < -0.4 is 10.1 Å². The third kappa shape index (κ3) is 6.45. The number of amides is 3. The zero-order chi connectivity index (χ0) is 24.9. The van der Waals surface area contributed by atoms with Crippen molar-refractivity contribution in [3.63, 3.8) is 0 Å². The van der Waals surface area contributed by atoms with Crippen molar-refractivity contribution in [1.29, 1.82) is 0 Å². The molecule has 190 valence electrons. The van der Waals surface area contributed by atoms with Crippen molar-refractivity contribution in [2.24, 2.45) is 5.92 Å². The highest BCUT2D eigenvalue weighted by Gasteiger charge is 2.37. The minimum atomic E-state index is -0.0428. The van der Waals surface area contributed by atoms with Crippen LogP contribution in [0.1, 0.15) is 60.9 Å². The van der Waals surface area contributed by atoms with E-state index < -0.39 is 0 Å². The van der Waals surface area contributed by atoms with Gasteiger partial charge in [0.05, 0.1) is 13.0 Å². The van der Waals surface area contributed by atoms with Gasteiger partial charge in [0, 0.05) is 43.2 Å². The van der Waals surface area contributed by atoms with Gasteiger partial charge in [-0.3, -0.25) is 14.4 Å². The lowest BCUT2D eigenvalue weighted by atomic mass is 9.94. The predicted octanol–water partition coefficient (Wildman–Crippen LogP) is 3.78. The Hall–Kier alpha value is -3.35. The van der Waals surface area contributed by atoms with Crippen LogP contribution in [0.3, 0.4) is 0 Å². The second-order valence-electron chi connectivity index (χ2n) is 10.2. The Balaban J connectivity index is 1.09. The predicted molar refractivity (Wildman–Crippen MR) is 136 cm³/mol. The summed E-state index contributed by atoms with van der Waals surface area (Å²) < 4.78 is 5.66. The lowest BCUT2D eigenvalue weighted by Gasteiger charge is -2.34. The fraction of sp³-hybridized carbons (Fsp3) is 0.483. The summed E-state index contributed by atoms with van der Waals surface area (Å²) in [5, 5.41) is 3.01. The Morgan fingerprint density at radius 2 is 1.58 bits per heavy atom. The Morgan fingerprint density at radius 3 is 2.22 bits per heavy atom. The van der Waals surface area contributed by atoms with Crippen LogP contribution in [0, 0.1) is 5.92 Å². The van der Waals surface area contributed by atoms with Gasteiger partial charge in [-0.25, -0.2) is 0 Å². The van der Waals surface area contributed by atoms with Gasteiger partial charge in [0.15, 0.2) is 0 Å². The van der Waals surface area contributed by atoms with Gasteiger partial charge in [0.2, 0.25) is 11.8 Å². The zero-order valence-corrected chi connectivity index (χ0v) is 20.7. The van der Waals surface area contributed by atoms with Crippen LogP contribution in [-0.2, 0) is 16.1 Å². The average Bonchev–Trinajstić information content (AvgIpc) is 3.84. The molecule has 36 heavy (non-hydrogen) atoms. The molecule has 3 amide bonds. The number of hydrogen-bond acceptors (Lipinski definition) is 4. The molecule has 2 aromatic carbocycles. The van der Waals surface area contributed by atoms with Crippen molar-refractivity contribution in [2.45, 2.75) is 63.6 Å². The average molecular weight is 490 g/mol. The molecular weight excluding hydrogens is 454 g/mol. The maximum absolute atomic E-state index is 13.4. The molecule has 0 spiro atoms. The summed E-state index contributed by atoms with van der Waals surface area (Å²) >= 11 is 0. The van der Waals surface area contributed by atoms with Crippen molar-refractivity contribution in [3.05, 3.63) is 65.7 Å². The van der Waals surface area contributed by atoms with Gasteiger partial charge >= 0.3 is 0 Å². The van der Waals surface area contributed by atoms with Crippen molar-refractivity contribution >= 4 is 17.7 Å². The Morgan fingerprint density at radius 1 is 0.889 bits per heavy atom. The number of rotatable bonds is 10. The molecule has 1 heterocycles. The first kappa shape index (κ1) is 24.3. The van der Waals surface area contributed by atoms with Gasteiger partial charge in [-0.2, -0.15) is 0 Å². The third-order valence-electron chi connectivity index (χ3n) is 7.28. The van der Waals surface area contributed by atoms with Gasteiger partial charge in [-0.05, 0) is 68.4 Å². The number of nitrogens with one attached hydrogen (secondary N) is 1. The smallest absolute Gasteiger partial charge is 0.251 e. The van der Waals surface area contributed by atoms with Crippen molar-refractivity contribution < 1.29 is 19.1 Å². The van der Waals surface area contributed by atoms with Crippen LogP contribution in [0.25, 0.3) is 0 Å². The first-order chi connectivity index (χ1) is 17.6. The SMILES string of the molecule is O=C(NC1CC1)c1ccc(CN(C(=O)C2CCN(C(=O)CCOc3ccccc3)CC2)C2CC2)cc1. The molecule has 2 saturated carbocycles. The number of carbonyl (C=O) groups excluding carboxylic acids is 3. The third-order valence-corrected chi connectivity index (χ3v) is 7.28. The highest BCUT2D eigenvalue weighted by Crippen LogP contribution is 2.32. The standard InChI is InChI=1S/C29H35N3O4/c33-27(16-19-36-26-4-2-1-3-5-26)31-17-14-23(15-18-31)29(35)32(25-12-13-25)20-21-6-8-22(9-7-21)28(34)30-24-10-11-24/h1-9,23-25H,10-20H2,(H,30,34). The van der Waals surface area contributed by atoms with E-state index in [4.69, 9.17) is 4.74 Å². The van der Waals surface area contributed by atoms with Crippen LogP contribution in [-0.4, -0.2) is 59.3 Å². The molecule has 0 unspecified atom stereocenters. The van der Waals surface area contributed by atoms with Crippen LogP contribution in [0.4, 0.5) is 0 Å². The molecular formula is C29H35N3O4. The summed E-state index contributed by atoms with van der Waals surface area (Å²) in [6.07, 6.45) is 5.98. The van der Waals surface area contributed by atoms with E-state index >= 15 is 0 Å². The lowest BCUT2D eigenvalue weighted by Crippen LogP contribution is -2.45. The highest BCUT2D eigenvalue weighted by atomic mass is 16.5. The summed E-state index contributed by atoms with van der Waals surface area (Å²) in [6.45, 7) is 2.16. The van der Waals surface area contributed by atoms with E-state index in [0.717, 1.165) is 37.0 Å². The lowest BCUT2D eigenvalue weighted by molar-refractivity contribution is -0.141. The van der Waals surface area contributed by atoms with E-state index in [2.05, 4.69) is 5.32 Å². The van der Waals surface area contributed by atoms with Gasteiger partial charge in [0.1, 0.15) is 5.75 Å². The second-order valence-corrected chi connectivity index (χ2v) is 10.2. The van der Waals surface area contributed by atoms with Gasteiger partial charge in [-0.1, -0.05) is 30.3 Å².